The number of nitrogens with zero attached hydrogens (tertiary/aromatic N) is 5. The minimum atomic E-state index is -1.03. The van der Waals surface area contributed by atoms with Gasteiger partial charge in [0.25, 0.3) is 0 Å². The lowest BCUT2D eigenvalue weighted by molar-refractivity contribution is -0.137. The first kappa shape index (κ1) is 15.7. The van der Waals surface area contributed by atoms with Gasteiger partial charge in [-0.15, -0.1) is 0 Å². The van der Waals surface area contributed by atoms with E-state index < -0.39 is 5.97 Å². The molecule has 0 fully saturated rings. The summed E-state index contributed by atoms with van der Waals surface area (Å²) in [5, 5.41) is 17.7. The average molecular weight is 329 g/mol. The molecule has 9 nitrogen and oxygen atoms in total. The van der Waals surface area contributed by atoms with Crippen LogP contribution >= 0.6 is 0 Å². The van der Waals surface area contributed by atoms with Gasteiger partial charge in [0.15, 0.2) is 11.6 Å². The second-order valence-electron chi connectivity index (χ2n) is 5.26. The fraction of sp³-hybridized carbons (Fsp3) is 0.267. The van der Waals surface area contributed by atoms with Gasteiger partial charge in [-0.25, -0.2) is 4.98 Å². The monoisotopic (exact) mass is 329 g/mol. The number of ketones is 1. The minimum absolute atomic E-state index is 0.186. The lowest BCUT2D eigenvalue weighted by atomic mass is 10.1. The number of ether oxygens (including phenoxy) is 1. The van der Waals surface area contributed by atoms with Crippen LogP contribution in [0.3, 0.4) is 0 Å². The van der Waals surface area contributed by atoms with Crippen molar-refractivity contribution in [2.24, 2.45) is 7.05 Å². The van der Waals surface area contributed by atoms with E-state index in [1.54, 1.807) is 36.3 Å². The molecule has 0 aliphatic carbocycles. The molecule has 0 amide bonds. The van der Waals surface area contributed by atoms with Crippen molar-refractivity contribution >= 4 is 22.7 Å². The van der Waals surface area contributed by atoms with Crippen LogP contribution in [0.1, 0.15) is 23.2 Å². The molecule has 0 saturated heterocycles. The third-order valence-electron chi connectivity index (χ3n) is 3.36. The maximum atomic E-state index is 11.8. The molecule has 0 spiro atoms. The number of rotatable bonds is 6. The first-order valence-corrected chi connectivity index (χ1v) is 7.14. The van der Waals surface area contributed by atoms with Gasteiger partial charge >= 0.3 is 5.97 Å². The van der Waals surface area contributed by atoms with E-state index in [1.165, 1.54) is 11.6 Å². The summed E-state index contributed by atoms with van der Waals surface area (Å²) in [6.07, 6.45) is 1.58. The summed E-state index contributed by atoms with van der Waals surface area (Å²) in [5.74, 6) is -0.220. The summed E-state index contributed by atoms with van der Waals surface area (Å²) >= 11 is 0. The zero-order valence-corrected chi connectivity index (χ0v) is 13.1. The van der Waals surface area contributed by atoms with Gasteiger partial charge in [0.2, 0.25) is 0 Å². The van der Waals surface area contributed by atoms with Gasteiger partial charge < -0.3 is 9.84 Å². The van der Waals surface area contributed by atoms with E-state index in [1.807, 2.05) is 0 Å². The summed E-state index contributed by atoms with van der Waals surface area (Å²) in [5.41, 5.74) is 0.776. The van der Waals surface area contributed by atoms with Crippen LogP contribution in [0.15, 0.2) is 24.5 Å². The third-order valence-corrected chi connectivity index (χ3v) is 3.36. The van der Waals surface area contributed by atoms with Gasteiger partial charge in [0.1, 0.15) is 30.9 Å². The van der Waals surface area contributed by atoms with E-state index in [4.69, 9.17) is 9.84 Å². The Kier molecular flexibility index (Phi) is 3.98. The largest absolute Gasteiger partial charge is 0.486 e. The van der Waals surface area contributed by atoms with E-state index in [2.05, 4.69) is 15.2 Å². The molecule has 0 radical (unpaired) electrons. The summed E-state index contributed by atoms with van der Waals surface area (Å²) in [7, 11) is 1.76. The van der Waals surface area contributed by atoms with E-state index >= 15 is 0 Å². The fourth-order valence-electron chi connectivity index (χ4n) is 2.35. The highest BCUT2D eigenvalue weighted by atomic mass is 16.5. The van der Waals surface area contributed by atoms with Gasteiger partial charge in [-0.1, -0.05) is 0 Å². The van der Waals surface area contributed by atoms with Crippen LogP contribution in [0.4, 0.5) is 0 Å². The smallest absolute Gasteiger partial charge is 0.325 e. The van der Waals surface area contributed by atoms with E-state index in [0.717, 1.165) is 0 Å². The first-order valence-electron chi connectivity index (χ1n) is 7.14. The average Bonchev–Trinajstić information content (AvgIpc) is 3.08. The number of aryl methyl sites for hydroxylation is 1. The maximum Gasteiger partial charge on any atom is 0.325 e. The fourth-order valence-corrected chi connectivity index (χ4v) is 2.35. The molecule has 0 bridgehead atoms. The molecular weight excluding hydrogens is 314 g/mol. The van der Waals surface area contributed by atoms with Crippen LogP contribution in [-0.4, -0.2) is 41.4 Å². The quantitative estimate of drug-likeness (QED) is 0.672. The highest BCUT2D eigenvalue weighted by Crippen LogP contribution is 2.25. The predicted molar refractivity (Wildman–Crippen MR) is 82.7 cm³/mol. The van der Waals surface area contributed by atoms with Crippen LogP contribution in [0, 0.1) is 0 Å². The van der Waals surface area contributed by atoms with Gasteiger partial charge in [-0.05, 0) is 18.2 Å². The molecule has 0 atom stereocenters. The molecule has 3 rings (SSSR count). The first-order chi connectivity index (χ1) is 11.4. The standard InChI is InChI=1S/C15H15N5O4/c1-9(21)15-11-5-10(24-7-13-16-8-19(2)17-13)3-4-12(11)20(18-15)6-14(22)23/h3-5,8H,6-7H2,1-2H3,(H,22,23). The second-order valence-corrected chi connectivity index (χ2v) is 5.26. The number of aliphatic carboxylic acids is 1. The van der Waals surface area contributed by atoms with Gasteiger partial charge in [-0.2, -0.15) is 10.2 Å². The third kappa shape index (κ3) is 3.09. The Bertz CT molecular complexity index is 927. The van der Waals surface area contributed by atoms with Crippen molar-refractivity contribution in [1.29, 1.82) is 0 Å². The lowest BCUT2D eigenvalue weighted by Crippen LogP contribution is -2.10. The zero-order valence-electron chi connectivity index (χ0n) is 13.1. The number of hydrogen-bond acceptors (Lipinski definition) is 6. The summed E-state index contributed by atoms with van der Waals surface area (Å²) < 4.78 is 8.50. The Hall–Kier alpha value is -3.23. The van der Waals surface area contributed by atoms with Crippen molar-refractivity contribution in [3.05, 3.63) is 36.0 Å². The lowest BCUT2D eigenvalue weighted by Gasteiger charge is -2.04. The van der Waals surface area contributed by atoms with Crippen LogP contribution in [-0.2, 0) is 25.0 Å². The normalized spacial score (nSPS) is 10.9. The summed E-state index contributed by atoms with van der Waals surface area (Å²) in [6.45, 7) is 1.26. The summed E-state index contributed by atoms with van der Waals surface area (Å²) in [6, 6.07) is 5.04. The number of carboxylic acids is 1. The van der Waals surface area contributed by atoms with Gasteiger partial charge in [-0.3, -0.25) is 19.0 Å². The highest BCUT2D eigenvalue weighted by molar-refractivity contribution is 6.05. The topological polar surface area (TPSA) is 112 Å². The Labute approximate surface area is 136 Å². The van der Waals surface area contributed by atoms with Gasteiger partial charge in [0.05, 0.1) is 5.52 Å². The summed E-state index contributed by atoms with van der Waals surface area (Å²) in [4.78, 5) is 26.8. The molecule has 24 heavy (non-hydrogen) atoms. The van der Waals surface area contributed by atoms with Crippen molar-refractivity contribution in [2.45, 2.75) is 20.1 Å². The predicted octanol–water partition coefficient (Wildman–Crippen LogP) is 1.03. The maximum absolute atomic E-state index is 11.8. The number of carbonyl (C=O) groups excluding carboxylic acids is 1. The molecule has 1 aromatic carbocycles. The van der Waals surface area contributed by atoms with E-state index in [-0.39, 0.29) is 24.6 Å². The number of hydrogen-bond donors (Lipinski definition) is 1. The molecule has 2 aromatic heterocycles. The number of aromatic nitrogens is 5. The Morgan fingerprint density at radius 1 is 1.29 bits per heavy atom. The number of Topliss-reactive ketones (excluding diaryl/α,β-unsaturated/α-hetero) is 1. The molecule has 1 N–H and O–H groups in total. The Morgan fingerprint density at radius 3 is 2.71 bits per heavy atom. The van der Waals surface area contributed by atoms with E-state index in [9.17, 15) is 9.59 Å². The van der Waals surface area contributed by atoms with Crippen LogP contribution < -0.4 is 4.74 Å². The van der Waals surface area contributed by atoms with Crippen LogP contribution in [0.5, 0.6) is 5.75 Å². The number of carbonyl (C=O) groups is 2. The van der Waals surface area contributed by atoms with Crippen molar-refractivity contribution in [1.82, 2.24) is 24.5 Å². The van der Waals surface area contributed by atoms with Crippen LogP contribution in [0.25, 0.3) is 10.9 Å². The molecule has 124 valence electrons. The van der Waals surface area contributed by atoms with Crippen molar-refractivity contribution in [3.8, 4) is 5.75 Å². The molecule has 0 unspecified atom stereocenters. The highest BCUT2D eigenvalue weighted by Gasteiger charge is 2.16. The molecule has 3 aromatic rings. The SMILES string of the molecule is CC(=O)c1nn(CC(=O)O)c2ccc(OCc3ncn(C)n3)cc12. The molecule has 0 aliphatic heterocycles. The van der Waals surface area contributed by atoms with E-state index in [0.29, 0.717) is 22.5 Å². The Balaban J connectivity index is 1.92. The number of benzene rings is 1. The molecule has 9 heteroatoms. The van der Waals surface area contributed by atoms with Gasteiger partial charge in [0, 0.05) is 19.4 Å². The van der Waals surface area contributed by atoms with Crippen LogP contribution in [0.2, 0.25) is 0 Å². The Morgan fingerprint density at radius 2 is 2.08 bits per heavy atom. The van der Waals surface area contributed by atoms with Crippen molar-refractivity contribution < 1.29 is 19.4 Å². The second kappa shape index (κ2) is 6.11. The number of carboxylic acid groups (broad SMARTS) is 1. The van der Waals surface area contributed by atoms with Crippen molar-refractivity contribution in [3.63, 3.8) is 0 Å². The molecule has 2 heterocycles. The molecule has 0 aliphatic rings. The molecule has 0 saturated carbocycles. The molecular formula is C15H15N5O4. The zero-order chi connectivity index (χ0) is 17.3. The number of fused-ring (bicyclic) bond motifs is 1. The minimum Gasteiger partial charge on any atom is -0.486 e. The van der Waals surface area contributed by atoms with Crippen molar-refractivity contribution in [2.75, 3.05) is 0 Å².